The predicted octanol–water partition coefficient (Wildman–Crippen LogP) is -1.05. The third-order valence-corrected chi connectivity index (χ3v) is 1.26. The van der Waals surface area contributed by atoms with Crippen molar-refractivity contribution in [3.63, 3.8) is 0 Å². The van der Waals surface area contributed by atoms with E-state index in [0.29, 0.717) is 0 Å². The molecule has 0 heterocycles. The lowest BCUT2D eigenvalue weighted by Gasteiger charge is -2.05. The number of ketones is 2. The van der Waals surface area contributed by atoms with Crippen molar-refractivity contribution in [3.05, 3.63) is 0 Å². The van der Waals surface area contributed by atoms with Crippen LogP contribution < -0.4 is 5.73 Å². The lowest BCUT2D eigenvalue weighted by molar-refractivity contribution is -0.127. The van der Waals surface area contributed by atoms with Crippen LogP contribution in [0.25, 0.3) is 0 Å². The van der Waals surface area contributed by atoms with Crippen LogP contribution in [0.15, 0.2) is 0 Å². The Bertz CT molecular complexity index is 215. The number of carbonyl (C=O) groups excluding carboxylic acids is 3. The first-order chi connectivity index (χ1) is 5.43. The van der Waals surface area contributed by atoms with Crippen molar-refractivity contribution in [2.24, 2.45) is 5.73 Å². The van der Waals surface area contributed by atoms with Crippen molar-refractivity contribution in [2.45, 2.75) is 25.8 Å². The molecule has 4 nitrogen and oxygen atoms in total. The number of hydrogen-bond acceptors (Lipinski definition) is 4. The molecule has 0 amide bonds. The highest BCUT2D eigenvalue weighted by atomic mass is 16.1. The highest BCUT2D eigenvalue weighted by molar-refractivity contribution is 6.59. The van der Waals surface area contributed by atoms with Gasteiger partial charge in [0.15, 0.2) is 7.85 Å². The lowest BCUT2D eigenvalue weighted by atomic mass is 9.91. The fourth-order valence-electron chi connectivity index (χ4n) is 0.696. The second kappa shape index (κ2) is 4.82. The monoisotopic (exact) mass is 167 g/mol. The first-order valence-electron chi connectivity index (χ1n) is 3.49. The number of rotatable bonds is 5. The molecule has 0 aliphatic carbocycles. The molecule has 0 aliphatic heterocycles. The van der Waals surface area contributed by atoms with Crippen LogP contribution >= 0.6 is 0 Å². The maximum atomic E-state index is 10.9. The SMILES string of the molecule is [B]C(=O)C(N)CC(=O)CC(C)=O. The van der Waals surface area contributed by atoms with Gasteiger partial charge in [0.1, 0.15) is 11.6 Å². The third kappa shape index (κ3) is 4.79. The zero-order chi connectivity index (χ0) is 9.72. The van der Waals surface area contributed by atoms with Gasteiger partial charge in [-0.15, -0.1) is 0 Å². The molecule has 1 unspecified atom stereocenters. The van der Waals surface area contributed by atoms with Crippen LogP contribution in [0, 0.1) is 0 Å². The molecule has 64 valence electrons. The maximum Gasteiger partial charge on any atom is 0.170 e. The Hall–Kier alpha value is -0.965. The van der Waals surface area contributed by atoms with Crippen molar-refractivity contribution in [3.8, 4) is 0 Å². The topological polar surface area (TPSA) is 77.2 Å². The summed E-state index contributed by atoms with van der Waals surface area (Å²) in [4.78, 5) is 31.7. The highest BCUT2D eigenvalue weighted by Crippen LogP contribution is 1.95. The van der Waals surface area contributed by atoms with Crippen molar-refractivity contribution in [2.75, 3.05) is 0 Å². The van der Waals surface area contributed by atoms with Crippen molar-refractivity contribution in [1.82, 2.24) is 0 Å². The highest BCUT2D eigenvalue weighted by Gasteiger charge is 2.13. The van der Waals surface area contributed by atoms with E-state index in [-0.39, 0.29) is 24.4 Å². The van der Waals surface area contributed by atoms with Gasteiger partial charge in [0.2, 0.25) is 0 Å². The molecule has 2 N–H and O–H groups in total. The van der Waals surface area contributed by atoms with E-state index < -0.39 is 11.7 Å². The van der Waals surface area contributed by atoms with Crippen LogP contribution in [-0.4, -0.2) is 31.1 Å². The van der Waals surface area contributed by atoms with E-state index in [4.69, 9.17) is 13.6 Å². The smallest absolute Gasteiger partial charge is 0.170 e. The van der Waals surface area contributed by atoms with Crippen molar-refractivity contribution >= 4 is 25.1 Å². The maximum absolute atomic E-state index is 10.9. The molecule has 0 saturated heterocycles. The van der Waals surface area contributed by atoms with Crippen LogP contribution in [0.5, 0.6) is 0 Å². The first kappa shape index (κ1) is 11.0. The van der Waals surface area contributed by atoms with Gasteiger partial charge >= 0.3 is 0 Å². The normalized spacial score (nSPS) is 12.2. The number of Topliss-reactive ketones (excluding diaryl/α,β-unsaturated/α-hetero) is 2. The van der Waals surface area contributed by atoms with Crippen LogP contribution in [0.1, 0.15) is 19.8 Å². The molecule has 0 aliphatic rings. The van der Waals surface area contributed by atoms with Crippen LogP contribution in [-0.2, 0) is 14.4 Å². The molecule has 0 bridgehead atoms. The minimum Gasteiger partial charge on any atom is -0.322 e. The van der Waals surface area contributed by atoms with Gasteiger partial charge in [-0.2, -0.15) is 0 Å². The summed E-state index contributed by atoms with van der Waals surface area (Å²) in [6.07, 6.45) is -0.337. The van der Waals surface area contributed by atoms with Crippen molar-refractivity contribution < 1.29 is 14.4 Å². The van der Waals surface area contributed by atoms with Gasteiger partial charge in [-0.05, 0) is 6.92 Å². The summed E-state index contributed by atoms with van der Waals surface area (Å²) in [5.41, 5.74) is 4.46. The molecule has 0 saturated carbocycles. The lowest BCUT2D eigenvalue weighted by Crippen LogP contribution is -2.33. The zero-order valence-electron chi connectivity index (χ0n) is 6.87. The van der Waals surface area contributed by atoms with Crippen LogP contribution in [0.2, 0.25) is 0 Å². The predicted molar refractivity (Wildman–Crippen MR) is 43.7 cm³/mol. The average molecular weight is 167 g/mol. The molecule has 2 radical (unpaired) electrons. The zero-order valence-corrected chi connectivity index (χ0v) is 6.87. The molecule has 12 heavy (non-hydrogen) atoms. The van der Waals surface area contributed by atoms with Gasteiger partial charge in [0.05, 0.1) is 18.1 Å². The molecule has 0 aromatic rings. The fourth-order valence-corrected chi connectivity index (χ4v) is 0.696. The minimum absolute atomic E-state index is 0.158. The molecule has 0 rings (SSSR count). The Morgan fingerprint density at radius 3 is 2.25 bits per heavy atom. The Morgan fingerprint density at radius 1 is 1.42 bits per heavy atom. The van der Waals surface area contributed by atoms with E-state index >= 15 is 0 Å². The summed E-state index contributed by atoms with van der Waals surface area (Å²) in [6, 6.07) is -0.975. The molecule has 0 aromatic carbocycles. The Morgan fingerprint density at radius 2 is 1.92 bits per heavy atom. The van der Waals surface area contributed by atoms with Crippen LogP contribution in [0.3, 0.4) is 0 Å². The van der Waals surface area contributed by atoms with Gasteiger partial charge in [-0.1, -0.05) is 0 Å². The molecule has 1 atom stereocenters. The number of carbonyl (C=O) groups is 3. The fraction of sp³-hybridized carbons (Fsp3) is 0.571. The molecule has 0 fully saturated rings. The van der Waals surface area contributed by atoms with Gasteiger partial charge < -0.3 is 10.5 Å². The third-order valence-electron chi connectivity index (χ3n) is 1.26. The van der Waals surface area contributed by atoms with E-state index in [0.717, 1.165) is 0 Å². The van der Waals surface area contributed by atoms with Gasteiger partial charge in [-0.25, -0.2) is 0 Å². The summed E-state index contributed by atoms with van der Waals surface area (Å²) in [6.45, 7) is 1.30. The Balaban J connectivity index is 3.85. The minimum atomic E-state index is -0.975. The summed E-state index contributed by atoms with van der Waals surface area (Å²) < 4.78 is 0. The second-order valence-corrected chi connectivity index (χ2v) is 2.63. The summed E-state index contributed by atoms with van der Waals surface area (Å²) in [7, 11) is 4.81. The van der Waals surface area contributed by atoms with Gasteiger partial charge in [0, 0.05) is 6.42 Å². The van der Waals surface area contributed by atoms with E-state index in [1.165, 1.54) is 6.92 Å². The molecule has 5 heteroatoms. The Kier molecular flexibility index (Phi) is 4.43. The largest absolute Gasteiger partial charge is 0.322 e. The molecular formula is C7H10BNO3. The van der Waals surface area contributed by atoms with Crippen molar-refractivity contribution in [1.29, 1.82) is 0 Å². The van der Waals surface area contributed by atoms with Gasteiger partial charge in [-0.3, -0.25) is 9.59 Å². The van der Waals surface area contributed by atoms with E-state index in [2.05, 4.69) is 0 Å². The summed E-state index contributed by atoms with van der Waals surface area (Å²) in [5, 5.41) is 0. The first-order valence-corrected chi connectivity index (χ1v) is 3.49. The summed E-state index contributed by atoms with van der Waals surface area (Å²) in [5.74, 6) is -0.592. The number of nitrogens with two attached hydrogens (primary N) is 1. The molecule has 0 aromatic heterocycles. The molecular weight excluding hydrogens is 157 g/mol. The van der Waals surface area contributed by atoms with E-state index in [9.17, 15) is 14.4 Å². The summed E-state index contributed by atoms with van der Waals surface area (Å²) >= 11 is 0. The second-order valence-electron chi connectivity index (χ2n) is 2.63. The quantitative estimate of drug-likeness (QED) is 0.418. The number of hydrogen-bond donors (Lipinski definition) is 1. The average Bonchev–Trinajstić information content (AvgIpc) is 1.84. The standard InChI is InChI=1S/C7H10BNO3/c1-4(10)2-5(11)3-6(9)7(8)12/h6H,2-3,9H2,1H3. The van der Waals surface area contributed by atoms with Gasteiger partial charge in [0.25, 0.3) is 0 Å². The molecule has 0 spiro atoms. The van der Waals surface area contributed by atoms with E-state index in [1.807, 2.05) is 0 Å². The Labute approximate surface area is 71.9 Å². The van der Waals surface area contributed by atoms with E-state index in [1.54, 1.807) is 0 Å². The van der Waals surface area contributed by atoms with Crippen LogP contribution in [0.4, 0.5) is 0 Å².